The molecule has 1 unspecified atom stereocenters. The van der Waals surface area contributed by atoms with E-state index in [2.05, 4.69) is 0 Å². The molecule has 1 heterocycles. The first-order chi connectivity index (χ1) is 9.87. The summed E-state index contributed by atoms with van der Waals surface area (Å²) in [6.45, 7) is 3.01. The van der Waals surface area contributed by atoms with Crippen LogP contribution in [0.15, 0.2) is 23.1 Å². The van der Waals surface area contributed by atoms with Gasteiger partial charge in [-0.05, 0) is 18.6 Å². The molecular formula is C13H17ClN2O3S2. The number of hydrogen-bond donors (Lipinski definition) is 1. The van der Waals surface area contributed by atoms with E-state index in [1.165, 1.54) is 16.4 Å². The quantitative estimate of drug-likeness (QED) is 0.839. The molecule has 0 aromatic heterocycles. The molecule has 0 spiro atoms. The van der Waals surface area contributed by atoms with Gasteiger partial charge in [-0.15, -0.1) is 0 Å². The zero-order chi connectivity index (χ0) is 15.6. The molecule has 1 aromatic carbocycles. The lowest BCUT2D eigenvalue weighted by atomic mass is 10.2. The fourth-order valence-corrected chi connectivity index (χ4v) is 4.56. The van der Waals surface area contributed by atoms with Gasteiger partial charge in [0.15, 0.2) is 0 Å². The van der Waals surface area contributed by atoms with Crippen molar-refractivity contribution in [1.82, 2.24) is 4.31 Å². The van der Waals surface area contributed by atoms with Crippen molar-refractivity contribution >= 4 is 38.8 Å². The first kappa shape index (κ1) is 16.6. The van der Waals surface area contributed by atoms with E-state index in [4.69, 9.17) is 34.3 Å². The van der Waals surface area contributed by atoms with Crippen LogP contribution < -0.4 is 5.73 Å². The van der Waals surface area contributed by atoms with E-state index in [0.717, 1.165) is 0 Å². The molecule has 21 heavy (non-hydrogen) atoms. The topological polar surface area (TPSA) is 72.6 Å². The van der Waals surface area contributed by atoms with Crippen LogP contribution in [-0.4, -0.2) is 43.5 Å². The lowest BCUT2D eigenvalue weighted by molar-refractivity contribution is 0.0314. The Morgan fingerprint density at radius 3 is 2.90 bits per heavy atom. The Labute approximate surface area is 135 Å². The minimum Gasteiger partial charge on any atom is -0.389 e. The Bertz CT molecular complexity index is 649. The average molecular weight is 349 g/mol. The first-order valence-electron chi connectivity index (χ1n) is 6.57. The maximum absolute atomic E-state index is 12.9. The molecule has 1 aliphatic heterocycles. The number of nitrogens with zero attached hydrogens (tertiary/aromatic N) is 1. The van der Waals surface area contributed by atoms with Gasteiger partial charge in [-0.1, -0.05) is 36.8 Å². The van der Waals surface area contributed by atoms with Gasteiger partial charge >= 0.3 is 0 Å². The number of sulfonamides is 1. The van der Waals surface area contributed by atoms with Gasteiger partial charge < -0.3 is 10.5 Å². The highest BCUT2D eigenvalue weighted by atomic mass is 35.5. The Balaban J connectivity index is 2.47. The summed E-state index contributed by atoms with van der Waals surface area (Å²) in [5, 5.41) is 0.163. The highest BCUT2D eigenvalue weighted by molar-refractivity contribution is 7.89. The molecule has 2 N–H and O–H groups in total. The average Bonchev–Trinajstić information content (AvgIpc) is 2.47. The van der Waals surface area contributed by atoms with Crippen LogP contribution >= 0.6 is 23.8 Å². The van der Waals surface area contributed by atoms with Gasteiger partial charge in [0.2, 0.25) is 10.0 Å². The van der Waals surface area contributed by atoms with Crippen molar-refractivity contribution in [3.05, 3.63) is 28.8 Å². The molecule has 1 aliphatic rings. The highest BCUT2D eigenvalue weighted by Gasteiger charge is 2.34. The third-order valence-corrected chi connectivity index (χ3v) is 6.12. The normalized spacial score (nSPS) is 20.4. The number of rotatable bonds is 4. The minimum absolute atomic E-state index is 0.0369. The van der Waals surface area contributed by atoms with Crippen LogP contribution in [0.25, 0.3) is 0 Å². The summed E-state index contributed by atoms with van der Waals surface area (Å²) in [6.07, 6.45) is 0.672. The molecule has 1 fully saturated rings. The Morgan fingerprint density at radius 2 is 2.29 bits per heavy atom. The Kier molecular flexibility index (Phi) is 5.21. The summed E-state index contributed by atoms with van der Waals surface area (Å²) >= 11 is 11.0. The fourth-order valence-electron chi connectivity index (χ4n) is 2.26. The number of halogens is 1. The van der Waals surface area contributed by atoms with Gasteiger partial charge in [-0.3, -0.25) is 0 Å². The molecule has 1 atom stereocenters. The monoisotopic (exact) mass is 348 g/mol. The highest BCUT2D eigenvalue weighted by Crippen LogP contribution is 2.28. The smallest absolute Gasteiger partial charge is 0.244 e. The van der Waals surface area contributed by atoms with E-state index in [1.54, 1.807) is 6.07 Å². The molecule has 5 nitrogen and oxygen atoms in total. The van der Waals surface area contributed by atoms with Crippen LogP contribution in [0.5, 0.6) is 0 Å². The molecule has 2 rings (SSSR count). The van der Waals surface area contributed by atoms with Crippen molar-refractivity contribution in [2.24, 2.45) is 5.73 Å². The number of ether oxygens (including phenoxy) is 1. The molecule has 116 valence electrons. The second-order valence-electron chi connectivity index (χ2n) is 4.76. The van der Waals surface area contributed by atoms with Crippen molar-refractivity contribution in [2.45, 2.75) is 24.3 Å². The maximum atomic E-state index is 12.9. The molecule has 0 amide bonds. The van der Waals surface area contributed by atoms with Crippen molar-refractivity contribution in [1.29, 1.82) is 0 Å². The summed E-state index contributed by atoms with van der Waals surface area (Å²) in [5.74, 6) is 0. The third kappa shape index (κ3) is 3.37. The molecule has 0 radical (unpaired) electrons. The maximum Gasteiger partial charge on any atom is 0.244 e. The van der Waals surface area contributed by atoms with E-state index in [-0.39, 0.29) is 20.9 Å². The van der Waals surface area contributed by atoms with Gasteiger partial charge in [0.25, 0.3) is 0 Å². The van der Waals surface area contributed by atoms with Crippen molar-refractivity contribution < 1.29 is 13.2 Å². The summed E-state index contributed by atoms with van der Waals surface area (Å²) in [7, 11) is -3.70. The largest absolute Gasteiger partial charge is 0.389 e. The fraction of sp³-hybridized carbons (Fsp3) is 0.462. The second kappa shape index (κ2) is 6.58. The lowest BCUT2D eigenvalue weighted by Gasteiger charge is -2.34. The van der Waals surface area contributed by atoms with Crippen LogP contribution in [0, 0.1) is 0 Å². The van der Waals surface area contributed by atoms with Gasteiger partial charge in [0.05, 0.1) is 18.2 Å². The molecule has 0 aliphatic carbocycles. The van der Waals surface area contributed by atoms with E-state index in [1.807, 2.05) is 6.92 Å². The first-order valence-corrected chi connectivity index (χ1v) is 8.79. The molecule has 1 saturated heterocycles. The Hall–Kier alpha value is -0.730. The molecule has 8 heteroatoms. The number of hydrogen-bond acceptors (Lipinski definition) is 4. The Morgan fingerprint density at radius 1 is 1.57 bits per heavy atom. The summed E-state index contributed by atoms with van der Waals surface area (Å²) in [4.78, 5) is 0.173. The standard InChI is InChI=1S/C13H17ClN2O3S2/c1-2-10-8-19-6-5-16(10)21(17,18)12-7-9(13(15)20)3-4-11(12)14/h3-4,7,10H,2,5-6,8H2,1H3,(H2,15,20). The van der Waals surface area contributed by atoms with E-state index in [9.17, 15) is 8.42 Å². The van der Waals surface area contributed by atoms with Crippen molar-refractivity contribution in [3.63, 3.8) is 0 Å². The number of benzene rings is 1. The third-order valence-electron chi connectivity index (χ3n) is 3.45. The van der Waals surface area contributed by atoms with Crippen LogP contribution in [0.2, 0.25) is 5.02 Å². The van der Waals surface area contributed by atoms with Gasteiger partial charge in [0.1, 0.15) is 9.88 Å². The minimum atomic E-state index is -3.70. The van der Waals surface area contributed by atoms with Gasteiger partial charge in [-0.2, -0.15) is 4.31 Å². The zero-order valence-corrected chi connectivity index (χ0v) is 14.0. The van der Waals surface area contributed by atoms with E-state index < -0.39 is 10.0 Å². The van der Waals surface area contributed by atoms with E-state index in [0.29, 0.717) is 31.7 Å². The molecule has 0 bridgehead atoms. The van der Waals surface area contributed by atoms with Crippen LogP contribution in [0.4, 0.5) is 0 Å². The zero-order valence-electron chi connectivity index (χ0n) is 11.6. The number of nitrogens with two attached hydrogens (primary N) is 1. The molecule has 0 saturated carbocycles. The lowest BCUT2D eigenvalue weighted by Crippen LogP contribution is -2.48. The van der Waals surface area contributed by atoms with Crippen molar-refractivity contribution in [3.8, 4) is 0 Å². The number of thiocarbonyl (C=S) groups is 1. The summed E-state index contributed by atoms with van der Waals surface area (Å²) < 4.78 is 32.5. The van der Waals surface area contributed by atoms with Crippen molar-refractivity contribution in [2.75, 3.05) is 19.8 Å². The van der Waals surface area contributed by atoms with Crippen LogP contribution in [0.1, 0.15) is 18.9 Å². The van der Waals surface area contributed by atoms with Gasteiger partial charge in [0, 0.05) is 18.2 Å². The predicted molar refractivity (Wildman–Crippen MR) is 86.1 cm³/mol. The van der Waals surface area contributed by atoms with E-state index >= 15 is 0 Å². The van der Waals surface area contributed by atoms with Gasteiger partial charge in [-0.25, -0.2) is 8.42 Å². The summed E-state index contributed by atoms with van der Waals surface area (Å²) in [6, 6.07) is 4.36. The van der Waals surface area contributed by atoms with Crippen LogP contribution in [0.3, 0.4) is 0 Å². The predicted octanol–water partition coefficient (Wildman–Crippen LogP) is 1.77. The number of morpholine rings is 1. The van der Waals surface area contributed by atoms with Crippen LogP contribution in [-0.2, 0) is 14.8 Å². The molecular weight excluding hydrogens is 332 g/mol. The summed E-state index contributed by atoms with van der Waals surface area (Å²) in [5.41, 5.74) is 6.05. The second-order valence-corrected chi connectivity index (χ2v) is 7.47. The molecule has 1 aromatic rings. The SMILES string of the molecule is CCC1COCCN1S(=O)(=O)c1cc(C(N)=S)ccc1Cl.